The van der Waals surface area contributed by atoms with Gasteiger partial charge in [0.2, 0.25) is 5.91 Å². The van der Waals surface area contributed by atoms with Crippen LogP contribution in [0.1, 0.15) is 36.0 Å². The molecule has 0 aliphatic heterocycles. The van der Waals surface area contributed by atoms with Crippen LogP contribution in [0.25, 0.3) is 0 Å². The molecule has 29 heavy (non-hydrogen) atoms. The lowest BCUT2D eigenvalue weighted by Crippen LogP contribution is -2.42. The Kier molecular flexibility index (Phi) is 6.49. The van der Waals surface area contributed by atoms with Crippen LogP contribution >= 0.6 is 0 Å². The van der Waals surface area contributed by atoms with Crippen LogP contribution < -0.4 is 20.5 Å². The highest BCUT2D eigenvalue weighted by molar-refractivity contribution is 6.04. The normalized spacial score (nSPS) is 18.5. The monoisotopic (exact) mass is 395 g/mol. The lowest BCUT2D eigenvalue weighted by molar-refractivity contribution is -0.313. The molecule has 152 valence electrons. The predicted molar refractivity (Wildman–Crippen MR) is 106 cm³/mol. The molecule has 2 atom stereocenters. The Morgan fingerprint density at radius 3 is 2.17 bits per heavy atom. The number of aliphatic carboxylic acids is 1. The van der Waals surface area contributed by atoms with Crippen molar-refractivity contribution in [2.45, 2.75) is 25.7 Å². The Balaban J connectivity index is 1.61. The lowest BCUT2D eigenvalue weighted by Gasteiger charge is -2.31. The average Bonchev–Trinajstić information content (AvgIpc) is 2.75. The van der Waals surface area contributed by atoms with E-state index in [0.717, 1.165) is 12.8 Å². The smallest absolute Gasteiger partial charge is 0.255 e. The molecule has 0 radical (unpaired) electrons. The van der Waals surface area contributed by atoms with Crippen molar-refractivity contribution in [3.05, 3.63) is 54.1 Å². The molecule has 2 amide bonds. The number of hydrogen-bond donors (Lipinski definition) is 2. The average molecular weight is 395 g/mol. The zero-order chi connectivity index (χ0) is 20.8. The van der Waals surface area contributed by atoms with Crippen LogP contribution in [-0.4, -0.2) is 24.9 Å². The number of carboxylic acids is 1. The van der Waals surface area contributed by atoms with Gasteiger partial charge in [0.1, 0.15) is 5.75 Å². The number of carboxylic acid groups (broad SMARTS) is 1. The van der Waals surface area contributed by atoms with E-state index in [9.17, 15) is 19.5 Å². The highest BCUT2D eigenvalue weighted by Crippen LogP contribution is 2.31. The standard InChI is InChI=1S/C22H24N2O5/c1-29-17-6-4-5-14(13-17)20(25)23-15-9-11-16(12-10-15)24-21(26)18-7-2-3-8-19(18)22(27)28/h4-6,9-13,18-19H,2-3,7-8H2,1H3,(H,23,25)(H,24,26)(H,27,28)/p-1/t18-,19+/m1/s1. The molecule has 0 bridgehead atoms. The summed E-state index contributed by atoms with van der Waals surface area (Å²) in [6.45, 7) is 0. The summed E-state index contributed by atoms with van der Waals surface area (Å²) in [7, 11) is 1.53. The number of anilines is 2. The Labute approximate surface area is 169 Å². The highest BCUT2D eigenvalue weighted by Gasteiger charge is 2.31. The largest absolute Gasteiger partial charge is 0.550 e. The van der Waals surface area contributed by atoms with Gasteiger partial charge in [-0.2, -0.15) is 0 Å². The summed E-state index contributed by atoms with van der Waals surface area (Å²) in [5.41, 5.74) is 1.57. The van der Waals surface area contributed by atoms with Gasteiger partial charge in [-0.15, -0.1) is 0 Å². The molecule has 7 nitrogen and oxygen atoms in total. The van der Waals surface area contributed by atoms with Gasteiger partial charge in [0, 0.05) is 34.7 Å². The second-order valence-electron chi connectivity index (χ2n) is 7.07. The molecule has 1 saturated carbocycles. The highest BCUT2D eigenvalue weighted by atomic mass is 16.5. The van der Waals surface area contributed by atoms with E-state index in [1.165, 1.54) is 7.11 Å². The molecular weight excluding hydrogens is 372 g/mol. The Morgan fingerprint density at radius 2 is 1.55 bits per heavy atom. The van der Waals surface area contributed by atoms with Crippen molar-refractivity contribution in [3.63, 3.8) is 0 Å². The van der Waals surface area contributed by atoms with Gasteiger partial charge in [-0.05, 0) is 55.3 Å². The van der Waals surface area contributed by atoms with E-state index >= 15 is 0 Å². The van der Waals surface area contributed by atoms with Crippen molar-refractivity contribution in [1.29, 1.82) is 0 Å². The molecule has 2 aromatic carbocycles. The molecule has 2 N–H and O–H groups in total. The Morgan fingerprint density at radius 1 is 0.931 bits per heavy atom. The first-order chi connectivity index (χ1) is 14.0. The maximum Gasteiger partial charge on any atom is 0.255 e. The van der Waals surface area contributed by atoms with Gasteiger partial charge in [0.25, 0.3) is 5.91 Å². The number of ether oxygens (including phenoxy) is 1. The summed E-state index contributed by atoms with van der Waals surface area (Å²) >= 11 is 0. The first-order valence-electron chi connectivity index (χ1n) is 9.55. The number of hydrogen-bond acceptors (Lipinski definition) is 5. The molecule has 2 aromatic rings. The molecule has 0 heterocycles. The SMILES string of the molecule is COc1cccc(C(=O)Nc2ccc(NC(=O)[C@@H]3CCCC[C@@H]3C(=O)[O-])cc2)c1. The van der Waals surface area contributed by atoms with Crippen molar-refractivity contribution < 1.29 is 24.2 Å². The van der Waals surface area contributed by atoms with Gasteiger partial charge >= 0.3 is 0 Å². The van der Waals surface area contributed by atoms with Crippen LogP contribution in [0.3, 0.4) is 0 Å². The van der Waals surface area contributed by atoms with Gasteiger partial charge in [0.05, 0.1) is 7.11 Å². The summed E-state index contributed by atoms with van der Waals surface area (Å²) < 4.78 is 5.12. The van der Waals surface area contributed by atoms with Crippen molar-refractivity contribution in [2.75, 3.05) is 17.7 Å². The molecule has 0 aromatic heterocycles. The maximum atomic E-state index is 12.5. The number of carbonyl (C=O) groups excluding carboxylic acids is 3. The van der Waals surface area contributed by atoms with Crippen LogP contribution in [-0.2, 0) is 9.59 Å². The first-order valence-corrected chi connectivity index (χ1v) is 9.55. The minimum atomic E-state index is -1.17. The Bertz CT molecular complexity index is 894. The molecular formula is C22H23N2O5-. The van der Waals surface area contributed by atoms with Crippen molar-refractivity contribution in [2.24, 2.45) is 11.8 Å². The minimum absolute atomic E-state index is 0.278. The van der Waals surface area contributed by atoms with Gasteiger partial charge in [-0.3, -0.25) is 9.59 Å². The summed E-state index contributed by atoms with van der Waals surface area (Å²) in [5, 5.41) is 16.8. The van der Waals surface area contributed by atoms with Gasteiger partial charge in [-0.25, -0.2) is 0 Å². The molecule has 7 heteroatoms. The Hall–Kier alpha value is -3.35. The van der Waals surface area contributed by atoms with Crippen LogP contribution in [0.5, 0.6) is 5.75 Å². The molecule has 1 aliphatic carbocycles. The van der Waals surface area contributed by atoms with E-state index in [1.54, 1.807) is 48.5 Å². The third-order valence-corrected chi connectivity index (χ3v) is 5.15. The van der Waals surface area contributed by atoms with Gasteiger partial charge in [-0.1, -0.05) is 18.9 Å². The zero-order valence-corrected chi connectivity index (χ0v) is 16.1. The maximum absolute atomic E-state index is 12.5. The minimum Gasteiger partial charge on any atom is -0.550 e. The molecule has 3 rings (SSSR count). The number of carbonyl (C=O) groups is 3. The number of amides is 2. The molecule has 0 spiro atoms. The van der Waals surface area contributed by atoms with Crippen molar-refractivity contribution in [3.8, 4) is 5.75 Å². The van der Waals surface area contributed by atoms with E-state index in [2.05, 4.69) is 10.6 Å². The number of nitrogens with one attached hydrogen (secondary N) is 2. The van der Waals surface area contributed by atoms with Crippen LogP contribution in [0, 0.1) is 11.8 Å². The first kappa shape index (κ1) is 20.4. The van der Waals surface area contributed by atoms with Gasteiger partial charge < -0.3 is 25.3 Å². The van der Waals surface area contributed by atoms with Gasteiger partial charge in [0.15, 0.2) is 0 Å². The topological polar surface area (TPSA) is 108 Å². The summed E-state index contributed by atoms with van der Waals surface area (Å²) in [5.74, 6) is -2.49. The van der Waals surface area contributed by atoms with E-state index in [-0.39, 0.29) is 11.8 Å². The van der Waals surface area contributed by atoms with Crippen LogP contribution in [0.15, 0.2) is 48.5 Å². The second kappa shape index (κ2) is 9.23. The quantitative estimate of drug-likeness (QED) is 0.781. The van der Waals surface area contributed by atoms with Crippen molar-refractivity contribution >= 4 is 29.2 Å². The summed E-state index contributed by atoms with van der Waals surface area (Å²) in [4.78, 5) is 36.1. The molecule has 0 unspecified atom stereocenters. The molecule has 1 aliphatic rings. The third kappa shape index (κ3) is 5.13. The summed E-state index contributed by atoms with van der Waals surface area (Å²) in [6.07, 6.45) is 2.63. The van der Waals surface area contributed by atoms with E-state index in [1.807, 2.05) is 0 Å². The van der Waals surface area contributed by atoms with Crippen LogP contribution in [0.4, 0.5) is 11.4 Å². The fourth-order valence-electron chi connectivity index (χ4n) is 3.57. The fourth-order valence-corrected chi connectivity index (χ4v) is 3.57. The summed E-state index contributed by atoms with van der Waals surface area (Å²) in [6, 6.07) is 13.5. The van der Waals surface area contributed by atoms with E-state index < -0.39 is 17.8 Å². The molecule has 1 fully saturated rings. The number of methoxy groups -OCH3 is 1. The lowest BCUT2D eigenvalue weighted by atomic mass is 9.78. The van der Waals surface area contributed by atoms with E-state index in [0.29, 0.717) is 35.5 Å². The van der Waals surface area contributed by atoms with Crippen molar-refractivity contribution in [1.82, 2.24) is 0 Å². The van der Waals surface area contributed by atoms with Crippen LogP contribution in [0.2, 0.25) is 0 Å². The predicted octanol–water partition coefficient (Wildman–Crippen LogP) is 2.44. The molecule has 0 saturated heterocycles. The fraction of sp³-hybridized carbons (Fsp3) is 0.318. The number of benzene rings is 2. The second-order valence-corrected chi connectivity index (χ2v) is 7.07. The zero-order valence-electron chi connectivity index (χ0n) is 16.1. The third-order valence-electron chi connectivity index (χ3n) is 5.15. The number of rotatable bonds is 6. The van der Waals surface area contributed by atoms with E-state index in [4.69, 9.17) is 4.74 Å².